The van der Waals surface area contributed by atoms with Crippen molar-refractivity contribution >= 4 is 63.0 Å². The van der Waals surface area contributed by atoms with Crippen LogP contribution in [-0.4, -0.2) is 0 Å². The van der Waals surface area contributed by atoms with Crippen LogP contribution in [-0.2, 0) is 25.7 Å². The predicted molar refractivity (Wildman–Crippen MR) is 169 cm³/mol. The Morgan fingerprint density at radius 3 is 1.26 bits per heavy atom. The molecule has 0 N–H and O–H groups in total. The van der Waals surface area contributed by atoms with Gasteiger partial charge in [0.2, 0.25) is 0 Å². The number of fused-ring (bicyclic) bond motifs is 4. The Balaban J connectivity index is 0.000000155. The van der Waals surface area contributed by atoms with Gasteiger partial charge in [-0.05, 0) is 84.3 Å². The fraction of sp³-hybridized carbons (Fsp3) is 0.235. The van der Waals surface area contributed by atoms with Gasteiger partial charge in [0.1, 0.15) is 0 Å². The average molecular weight is 537 g/mol. The highest BCUT2D eigenvalue weighted by atomic mass is 32.1. The van der Waals surface area contributed by atoms with Crippen LogP contribution in [0.25, 0.3) is 40.3 Å². The summed E-state index contributed by atoms with van der Waals surface area (Å²) in [5.74, 6) is 0. The van der Waals surface area contributed by atoms with E-state index in [2.05, 4.69) is 52.0 Å². The summed E-state index contributed by atoms with van der Waals surface area (Å²) in [6, 6.07) is 24.4. The van der Waals surface area contributed by atoms with E-state index < -0.39 is 0 Å². The summed E-state index contributed by atoms with van der Waals surface area (Å²) in [4.78, 5) is 25.3. The normalized spacial score (nSPS) is 11.3. The molecule has 192 valence electrons. The van der Waals surface area contributed by atoms with Gasteiger partial charge in [0.15, 0.2) is 10.9 Å². The number of hydrogen-bond acceptors (Lipinski definition) is 4. The second kappa shape index (κ2) is 11.2. The summed E-state index contributed by atoms with van der Waals surface area (Å²) in [6.07, 6.45) is 3.89. The highest BCUT2D eigenvalue weighted by Gasteiger charge is 2.11. The van der Waals surface area contributed by atoms with Crippen molar-refractivity contribution in [2.45, 2.75) is 53.4 Å². The third kappa shape index (κ3) is 4.79. The summed E-state index contributed by atoms with van der Waals surface area (Å²) < 4.78 is 4.48. The van der Waals surface area contributed by atoms with Gasteiger partial charge in [-0.2, -0.15) is 0 Å². The van der Waals surface area contributed by atoms with Crippen molar-refractivity contribution in [1.82, 2.24) is 0 Å². The van der Waals surface area contributed by atoms with E-state index in [-0.39, 0.29) is 10.9 Å². The third-order valence-electron chi connectivity index (χ3n) is 7.21. The maximum atomic E-state index is 12.6. The molecule has 0 saturated carbocycles. The molecule has 6 rings (SSSR count). The molecule has 0 radical (unpaired) electrons. The number of benzene rings is 4. The molecule has 4 heteroatoms. The zero-order valence-corrected chi connectivity index (χ0v) is 24.0. The molecule has 0 saturated heterocycles. The van der Waals surface area contributed by atoms with Crippen LogP contribution in [0.3, 0.4) is 0 Å². The summed E-state index contributed by atoms with van der Waals surface area (Å²) in [7, 11) is 0. The first-order valence-corrected chi connectivity index (χ1v) is 15.1. The van der Waals surface area contributed by atoms with Crippen molar-refractivity contribution in [3.05, 3.63) is 115 Å². The number of hydrogen-bond donors (Lipinski definition) is 0. The first-order valence-electron chi connectivity index (χ1n) is 13.4. The van der Waals surface area contributed by atoms with Gasteiger partial charge in [-0.1, -0.05) is 64.1 Å². The van der Waals surface area contributed by atoms with Crippen LogP contribution < -0.4 is 10.9 Å². The molecular weight excluding hydrogens is 505 g/mol. The van der Waals surface area contributed by atoms with Gasteiger partial charge in [0.25, 0.3) is 0 Å². The van der Waals surface area contributed by atoms with Crippen LogP contribution in [0.15, 0.2) is 82.4 Å². The Labute approximate surface area is 231 Å². The molecule has 0 amide bonds. The van der Waals surface area contributed by atoms with Crippen LogP contribution >= 0.6 is 22.7 Å². The molecule has 0 aliphatic heterocycles. The molecule has 0 aliphatic rings. The topological polar surface area (TPSA) is 34.1 Å². The van der Waals surface area contributed by atoms with E-state index >= 15 is 0 Å². The lowest BCUT2D eigenvalue weighted by molar-refractivity contribution is 1.10. The molecule has 0 unspecified atom stereocenters. The standard InChI is InChI=1S/2C17H16OS/c2*1-3-11-9-12(4-2)17-14(10-11)16(18)13-7-5-6-8-15(13)19-17/h2*5-10H,3-4H2,1-2H3. The van der Waals surface area contributed by atoms with E-state index in [1.165, 1.54) is 22.3 Å². The minimum Gasteiger partial charge on any atom is -0.289 e. The first kappa shape index (κ1) is 26.3. The number of aryl methyl sites for hydroxylation is 4. The van der Waals surface area contributed by atoms with Crippen molar-refractivity contribution in [2.24, 2.45) is 0 Å². The molecule has 6 aromatic rings. The summed E-state index contributed by atoms with van der Waals surface area (Å²) >= 11 is 3.47. The van der Waals surface area contributed by atoms with Crippen molar-refractivity contribution < 1.29 is 0 Å². The minimum atomic E-state index is 0.175. The summed E-state index contributed by atoms with van der Waals surface area (Å²) in [6.45, 7) is 8.58. The Bertz CT molecular complexity index is 1770. The van der Waals surface area contributed by atoms with Gasteiger partial charge < -0.3 is 0 Å². The molecule has 2 heterocycles. The van der Waals surface area contributed by atoms with Crippen molar-refractivity contribution in [2.75, 3.05) is 0 Å². The highest BCUT2D eigenvalue weighted by Crippen LogP contribution is 2.30. The average Bonchev–Trinajstić information content (AvgIpc) is 2.97. The summed E-state index contributed by atoms with van der Waals surface area (Å²) in [5.41, 5.74) is 5.45. The van der Waals surface area contributed by atoms with E-state index in [1.54, 1.807) is 22.7 Å². The fourth-order valence-corrected chi connectivity index (χ4v) is 7.48. The van der Waals surface area contributed by atoms with Crippen LogP contribution in [0.4, 0.5) is 0 Å². The molecule has 0 aliphatic carbocycles. The monoisotopic (exact) mass is 536 g/mol. The largest absolute Gasteiger partial charge is 0.289 e. The molecule has 0 bridgehead atoms. The lowest BCUT2D eigenvalue weighted by Crippen LogP contribution is -2.03. The molecule has 0 spiro atoms. The van der Waals surface area contributed by atoms with Crippen LogP contribution in [0.1, 0.15) is 49.9 Å². The zero-order chi connectivity index (χ0) is 26.8. The van der Waals surface area contributed by atoms with Gasteiger partial charge in [-0.15, -0.1) is 22.7 Å². The van der Waals surface area contributed by atoms with E-state index in [0.717, 1.165) is 66.0 Å². The second-order valence-electron chi connectivity index (χ2n) is 9.53. The van der Waals surface area contributed by atoms with Crippen LogP contribution in [0.5, 0.6) is 0 Å². The zero-order valence-electron chi connectivity index (χ0n) is 22.4. The minimum absolute atomic E-state index is 0.175. The predicted octanol–water partition coefficient (Wildman–Crippen LogP) is 9.08. The fourth-order valence-electron chi connectivity index (χ4n) is 5.02. The quantitative estimate of drug-likeness (QED) is 0.211. The SMILES string of the molecule is CCc1cc(CC)c2sc3ccccc3c(=O)c2c1.CCc1cc(CC)c2sc3ccccc3c(=O)c2c1. The van der Waals surface area contributed by atoms with Gasteiger partial charge in [0.05, 0.1) is 0 Å². The molecule has 2 aromatic heterocycles. The number of rotatable bonds is 4. The third-order valence-corrected chi connectivity index (χ3v) is 9.73. The maximum Gasteiger partial charge on any atom is 0.195 e. The lowest BCUT2D eigenvalue weighted by atomic mass is 10.0. The van der Waals surface area contributed by atoms with E-state index in [9.17, 15) is 9.59 Å². The lowest BCUT2D eigenvalue weighted by Gasteiger charge is -2.08. The summed E-state index contributed by atoms with van der Waals surface area (Å²) in [5, 5.41) is 3.46. The molecule has 0 fully saturated rings. The highest BCUT2D eigenvalue weighted by molar-refractivity contribution is 7.25. The van der Waals surface area contributed by atoms with Gasteiger partial charge in [0, 0.05) is 40.3 Å². The van der Waals surface area contributed by atoms with Crippen molar-refractivity contribution in [3.8, 4) is 0 Å². The maximum absolute atomic E-state index is 12.6. The van der Waals surface area contributed by atoms with Crippen molar-refractivity contribution in [3.63, 3.8) is 0 Å². The van der Waals surface area contributed by atoms with Crippen LogP contribution in [0.2, 0.25) is 0 Å². The Hall–Kier alpha value is -3.34. The van der Waals surface area contributed by atoms with Crippen molar-refractivity contribution in [1.29, 1.82) is 0 Å². The molecule has 0 atom stereocenters. The first-order chi connectivity index (χ1) is 18.5. The molecule has 4 aromatic carbocycles. The Morgan fingerprint density at radius 1 is 0.500 bits per heavy atom. The van der Waals surface area contributed by atoms with Gasteiger partial charge in [-0.25, -0.2) is 0 Å². The molecular formula is C34H32O2S2. The Morgan fingerprint density at radius 2 is 0.895 bits per heavy atom. The van der Waals surface area contributed by atoms with E-state index in [0.29, 0.717) is 0 Å². The molecule has 38 heavy (non-hydrogen) atoms. The van der Waals surface area contributed by atoms with E-state index in [4.69, 9.17) is 0 Å². The molecule has 2 nitrogen and oxygen atoms in total. The van der Waals surface area contributed by atoms with Crippen LogP contribution in [0, 0.1) is 0 Å². The Kier molecular flexibility index (Phi) is 7.73. The van der Waals surface area contributed by atoms with Gasteiger partial charge in [-0.3, -0.25) is 9.59 Å². The van der Waals surface area contributed by atoms with E-state index in [1.807, 2.05) is 48.5 Å². The smallest absolute Gasteiger partial charge is 0.195 e. The van der Waals surface area contributed by atoms with Gasteiger partial charge >= 0.3 is 0 Å². The second-order valence-corrected chi connectivity index (χ2v) is 11.6.